The lowest BCUT2D eigenvalue weighted by Crippen LogP contribution is -2.60. The number of rotatable bonds is 11. The monoisotopic (exact) mass is 1750 g/mol. The summed E-state index contributed by atoms with van der Waals surface area (Å²) in [4.78, 5) is 77.3. The fraction of sp³-hybridized carbons (Fsp3) is 0.253. The van der Waals surface area contributed by atoms with Crippen LogP contribution in [0.2, 0.25) is 0 Å². The molecule has 0 unspecified atom stereocenters. The maximum absolute atomic E-state index is 14.1. The highest BCUT2D eigenvalue weighted by Gasteiger charge is 2.60. The largest absolute Gasteiger partial charge is 0.446 e. The zero-order valence-corrected chi connectivity index (χ0v) is 67.0. The molecular weight excluding hydrogens is 1660 g/mol. The molecule has 14 aromatic rings. The number of carbonyl (C=O) groups excluding carboxylic acids is 3. The molecule has 3 fully saturated rings. The molecule has 616 valence electrons. The van der Waals surface area contributed by atoms with E-state index in [4.69, 9.17) is 42.1 Å². The fourth-order valence-electron chi connectivity index (χ4n) is 14.8. The SMILES string of the molecule is CC(C)(C)OC(=O)NC1(c2ccc(-c3nc4ccn5c(=O)[nH]nc5c4cc3-c3ccccc3)cc2)CC(F)(F)C1.CC(C)(C)OC(=O)NC1(c2ccc(-c3nc4ccnc(N)c4cc3-c3ccccc3)cc2)CC(F)(F)C1.N.NC1(c2ccc(-c3nc4ccn5c(=O)[nH]nc5c4cc3-c3ccccc3)cc2)CC(F)(F)C1.O=CC(F)(F)F.[2H]CI. The van der Waals surface area contributed by atoms with Crippen molar-refractivity contribution < 1.29 is 64.7 Å². The highest BCUT2D eigenvalue weighted by Crippen LogP contribution is 2.55. The van der Waals surface area contributed by atoms with Gasteiger partial charge in [-0.25, -0.2) is 84.5 Å². The second kappa shape index (κ2) is 33.2. The van der Waals surface area contributed by atoms with Crippen LogP contribution in [0.1, 0.15) is 98.1 Å². The van der Waals surface area contributed by atoms with Crippen molar-refractivity contribution in [1.29, 1.82) is 0 Å². The predicted molar refractivity (Wildman–Crippen MR) is 446 cm³/mol. The molecule has 0 atom stereocenters. The van der Waals surface area contributed by atoms with Crippen LogP contribution in [0.3, 0.4) is 0 Å². The number of nitrogen functional groups attached to an aromatic ring is 1. The quantitative estimate of drug-likeness (QED) is 0.0274. The molecule has 3 saturated carbocycles. The molecule has 3 aliphatic carbocycles. The molecule has 6 aromatic carbocycles. The molecule has 3 aliphatic rings. The number of benzene rings is 6. The smallest absolute Gasteiger partial charge is 0.444 e. The van der Waals surface area contributed by atoms with Crippen molar-refractivity contribution in [3.8, 4) is 67.2 Å². The summed E-state index contributed by atoms with van der Waals surface area (Å²) in [7, 11) is 0. The Morgan fingerprint density at radius 1 is 0.496 bits per heavy atom. The molecular formula is C87H81F9IN15O7. The number of nitrogens with zero attached hydrogens (tertiary/aromatic N) is 8. The summed E-state index contributed by atoms with van der Waals surface area (Å²) < 4.78 is 134. The number of alkyl carbamates (subject to hydrolysis) is 2. The number of ether oxygens (including phenoxy) is 2. The zero-order valence-electron chi connectivity index (χ0n) is 65.9. The van der Waals surface area contributed by atoms with E-state index in [1.807, 2.05) is 180 Å². The van der Waals surface area contributed by atoms with E-state index in [-0.39, 0.29) is 30.4 Å². The lowest BCUT2D eigenvalue weighted by molar-refractivity contribution is -0.156. The molecule has 0 saturated heterocycles. The van der Waals surface area contributed by atoms with Gasteiger partial charge in [0.2, 0.25) is 6.29 Å². The number of pyridine rings is 6. The van der Waals surface area contributed by atoms with Crippen molar-refractivity contribution >= 4 is 90.9 Å². The van der Waals surface area contributed by atoms with Gasteiger partial charge in [-0.2, -0.15) is 23.4 Å². The van der Waals surface area contributed by atoms with E-state index in [0.717, 1.165) is 72.2 Å². The van der Waals surface area contributed by atoms with Crippen LogP contribution in [0, 0.1) is 0 Å². The Balaban J connectivity index is 0.000000157. The number of hydrogen-bond donors (Lipinski definition) is 7. The molecule has 0 spiro atoms. The number of anilines is 1. The summed E-state index contributed by atoms with van der Waals surface area (Å²) in [6.07, 6.45) is -4.99. The van der Waals surface area contributed by atoms with Crippen LogP contribution in [-0.4, -0.2) is 108 Å². The lowest BCUT2D eigenvalue weighted by atomic mass is 9.69. The molecule has 8 heterocycles. The van der Waals surface area contributed by atoms with Crippen LogP contribution < -0.4 is 39.6 Å². The number of amides is 2. The number of halogens is 10. The van der Waals surface area contributed by atoms with Crippen LogP contribution in [0.4, 0.5) is 54.9 Å². The average Bonchev–Trinajstić information content (AvgIpc) is 1.72. The van der Waals surface area contributed by atoms with Crippen LogP contribution in [0.15, 0.2) is 228 Å². The van der Waals surface area contributed by atoms with Crippen molar-refractivity contribution in [3.05, 3.63) is 256 Å². The van der Waals surface area contributed by atoms with E-state index in [2.05, 4.69) is 36.0 Å². The molecule has 119 heavy (non-hydrogen) atoms. The number of aldehydes is 1. The summed E-state index contributed by atoms with van der Waals surface area (Å²) in [5.74, 6) is -8.05. The van der Waals surface area contributed by atoms with Gasteiger partial charge in [-0.3, -0.25) is 4.79 Å². The number of fused-ring (bicyclic) bond motifs is 7. The molecule has 11 N–H and O–H groups in total. The number of nitrogens with one attached hydrogen (secondary N) is 4. The van der Waals surface area contributed by atoms with Crippen molar-refractivity contribution in [2.45, 2.75) is 132 Å². The summed E-state index contributed by atoms with van der Waals surface area (Å²) in [5, 5.41) is 20.9. The van der Waals surface area contributed by atoms with Gasteiger partial charge in [0.05, 0.1) is 50.2 Å². The maximum Gasteiger partial charge on any atom is 0.446 e. The Morgan fingerprint density at radius 2 is 0.807 bits per heavy atom. The first kappa shape index (κ1) is 84.5. The number of hydrogen-bond acceptors (Lipinski definition) is 16. The summed E-state index contributed by atoms with van der Waals surface area (Å²) in [6.45, 7) is 10.4. The van der Waals surface area contributed by atoms with Gasteiger partial charge >= 0.3 is 29.7 Å². The number of aromatic nitrogens is 10. The number of H-pyrrole nitrogens is 2. The zero-order chi connectivity index (χ0) is 85.4. The highest BCUT2D eigenvalue weighted by molar-refractivity contribution is 14.1. The Morgan fingerprint density at radius 3 is 1.12 bits per heavy atom. The van der Waals surface area contributed by atoms with E-state index < -0.39 is 95.9 Å². The summed E-state index contributed by atoms with van der Waals surface area (Å²) in [5.41, 5.74) is 21.5. The first-order valence-electron chi connectivity index (χ1n) is 37.6. The average molecular weight is 1750 g/mol. The van der Waals surface area contributed by atoms with Gasteiger partial charge in [0.1, 0.15) is 17.0 Å². The topological polar surface area (TPSA) is 333 Å². The minimum atomic E-state index is -4.64. The minimum absolute atomic E-state index is 0. The number of aromatic amines is 2. The Hall–Kier alpha value is -12.4. The molecule has 0 aliphatic heterocycles. The predicted octanol–water partition coefficient (Wildman–Crippen LogP) is 19.2. The van der Waals surface area contributed by atoms with Gasteiger partial charge < -0.3 is 37.7 Å². The third-order valence-corrected chi connectivity index (χ3v) is 19.9. The van der Waals surface area contributed by atoms with Gasteiger partial charge in [-0.05, 0) is 116 Å². The van der Waals surface area contributed by atoms with Crippen molar-refractivity contribution in [2.24, 2.45) is 5.73 Å². The van der Waals surface area contributed by atoms with Crippen LogP contribution in [0.5, 0.6) is 0 Å². The Bertz CT molecular complexity index is 6210. The number of carbonyl (C=O) groups is 3. The standard InChI is InChI=1S/C30H27F2N5O3.C29H28F2N4O2.C25H19F2N5O.C2HF3O.CH3I.H3N/c1-28(2,3)40-27(39)34-29(16-30(31,32)17-29)20-11-9-19(10-12-20)24-21(18-7-5-4-6-8-18)15-22-23(33-24)13-14-37-25(22)35-36-26(37)38;1-27(2,3)37-26(36)35-28(16-29(30,31)17-28)20-11-9-19(10-12-20)24-21(18-7-5-4-6-8-18)15-22-23(34-24)13-14-33-25(22)32;26-25(27)13-24(28,14-25)17-8-6-16(7-9-17)21-18(15-4-2-1-3-5-15)12-19-20(29-21)10-11-32-22(19)30-31-23(32)33;3-2(4,5)1-6;1-2;/h4-15H,16-17H2,1-3H3,(H,34,39)(H,36,38);4-15H,16-17H2,1-3H3,(H2,32,33)(H,35,36);1-12H,13-14,28H2,(H,31,33);1H;1H3;1H3/i;;;;1D;. The first-order chi connectivity index (χ1) is 56.2. The normalized spacial score (nSPS) is 15.8. The van der Waals surface area contributed by atoms with Crippen LogP contribution in [0.25, 0.3) is 111 Å². The molecule has 17 rings (SSSR count). The number of nitrogens with two attached hydrogens (primary N) is 2. The van der Waals surface area contributed by atoms with Gasteiger partial charge in [0, 0.05) is 108 Å². The van der Waals surface area contributed by atoms with Crippen molar-refractivity contribution in [3.63, 3.8) is 0 Å². The molecule has 22 nitrogen and oxygen atoms in total. The fourth-order valence-corrected chi connectivity index (χ4v) is 14.8. The van der Waals surface area contributed by atoms with Crippen molar-refractivity contribution in [2.75, 3.05) is 10.6 Å². The maximum atomic E-state index is 14.1. The lowest BCUT2D eigenvalue weighted by Gasteiger charge is -2.48. The summed E-state index contributed by atoms with van der Waals surface area (Å²) in [6, 6.07) is 62.3. The third-order valence-electron chi connectivity index (χ3n) is 19.9. The van der Waals surface area contributed by atoms with Gasteiger partial charge in [0.15, 0.2) is 11.3 Å². The molecule has 0 bridgehead atoms. The summed E-state index contributed by atoms with van der Waals surface area (Å²) >= 11 is 1.96. The van der Waals surface area contributed by atoms with Crippen LogP contribution >= 0.6 is 22.6 Å². The molecule has 0 radical (unpaired) electrons. The van der Waals surface area contributed by atoms with E-state index in [9.17, 15) is 58.7 Å². The Labute approximate surface area is 689 Å². The highest BCUT2D eigenvalue weighted by atomic mass is 127. The first-order valence-corrected chi connectivity index (χ1v) is 38.4. The van der Waals surface area contributed by atoms with Crippen molar-refractivity contribution in [1.82, 2.24) is 65.9 Å². The Kier molecular flexibility index (Phi) is 23.5. The second-order valence-corrected chi connectivity index (χ2v) is 31.1. The molecule has 32 heteroatoms. The van der Waals surface area contributed by atoms with Crippen LogP contribution in [-0.2, 0) is 30.9 Å². The molecule has 8 aromatic heterocycles. The van der Waals surface area contributed by atoms with E-state index in [1.165, 1.54) is 8.80 Å². The third kappa shape index (κ3) is 18.9. The molecule has 2 amide bonds. The minimum Gasteiger partial charge on any atom is -0.444 e. The van der Waals surface area contributed by atoms with E-state index in [1.54, 1.807) is 103 Å². The number of alkyl halides is 10. The van der Waals surface area contributed by atoms with E-state index >= 15 is 0 Å². The van der Waals surface area contributed by atoms with Gasteiger partial charge in [-0.15, -0.1) is 0 Å². The van der Waals surface area contributed by atoms with Gasteiger partial charge in [0.25, 0.3) is 17.8 Å². The second-order valence-electron chi connectivity index (χ2n) is 31.1. The van der Waals surface area contributed by atoms with Gasteiger partial charge in [-0.1, -0.05) is 186 Å². The van der Waals surface area contributed by atoms with E-state index in [0.29, 0.717) is 66.3 Å².